The number of carbonyl (C=O) groups excluding carboxylic acids is 3. The van der Waals surface area contributed by atoms with Crippen molar-refractivity contribution in [3.63, 3.8) is 0 Å². The molecule has 0 spiro atoms. The van der Waals surface area contributed by atoms with Crippen molar-refractivity contribution in [1.29, 1.82) is 0 Å². The molecule has 7 heteroatoms. The Kier molecular flexibility index (Phi) is 5.06. The van der Waals surface area contributed by atoms with Crippen LogP contribution < -0.4 is 5.32 Å². The van der Waals surface area contributed by atoms with E-state index < -0.39 is 0 Å². The van der Waals surface area contributed by atoms with E-state index in [-0.39, 0.29) is 42.7 Å². The highest BCUT2D eigenvalue weighted by molar-refractivity contribution is 6.22. The lowest BCUT2D eigenvalue weighted by molar-refractivity contribution is -0.131. The van der Waals surface area contributed by atoms with Gasteiger partial charge >= 0.3 is 0 Å². The van der Waals surface area contributed by atoms with Gasteiger partial charge in [-0.1, -0.05) is 11.6 Å². The zero-order chi connectivity index (χ0) is 15.9. The molecule has 1 N–H and O–H groups in total. The molecule has 23 heavy (non-hydrogen) atoms. The summed E-state index contributed by atoms with van der Waals surface area (Å²) in [5.41, 5.74) is 1.69. The molecule has 0 saturated carbocycles. The first kappa shape index (κ1) is 17.4. The molecule has 1 atom stereocenters. The zero-order valence-electron chi connectivity index (χ0n) is 13.2. The number of carbonyl (C=O) groups is 3. The molecule has 1 fully saturated rings. The maximum Gasteiger partial charge on any atom is 0.262 e. The summed E-state index contributed by atoms with van der Waals surface area (Å²) in [5.74, 6) is -0.971. The van der Waals surface area contributed by atoms with Crippen molar-refractivity contribution in [2.24, 2.45) is 0 Å². The van der Waals surface area contributed by atoms with Crippen LogP contribution in [0.15, 0.2) is 18.2 Å². The van der Waals surface area contributed by atoms with Gasteiger partial charge in [0.2, 0.25) is 5.91 Å². The predicted molar refractivity (Wildman–Crippen MR) is 87.8 cm³/mol. The number of fused-ring (bicyclic) bond motifs is 1. The molecule has 0 aromatic heterocycles. The quantitative estimate of drug-likeness (QED) is 0.830. The number of hydrogen-bond donors (Lipinski definition) is 1. The standard InChI is InChI=1S/C16H19N3O3.ClH/c1-10-3-4-12-13(7-10)16(22)19(15(12)21)9-14(20)18(2)11-5-6-17-8-11;/h3-4,7,11,17H,5-6,8-9H2,1-2H3;1H. The van der Waals surface area contributed by atoms with Crippen molar-refractivity contribution >= 4 is 30.1 Å². The number of aryl methyl sites for hydroxylation is 1. The molecule has 124 valence electrons. The summed E-state index contributed by atoms with van der Waals surface area (Å²) < 4.78 is 0. The summed E-state index contributed by atoms with van der Waals surface area (Å²) in [7, 11) is 1.72. The lowest BCUT2D eigenvalue weighted by atomic mass is 10.1. The molecule has 3 rings (SSSR count). The summed E-state index contributed by atoms with van der Waals surface area (Å²) in [4.78, 5) is 39.7. The summed E-state index contributed by atoms with van der Waals surface area (Å²) in [6, 6.07) is 5.28. The summed E-state index contributed by atoms with van der Waals surface area (Å²) >= 11 is 0. The minimum atomic E-state index is -0.383. The maximum atomic E-state index is 12.4. The average molecular weight is 338 g/mol. The number of imide groups is 1. The number of benzene rings is 1. The Morgan fingerprint density at radius 1 is 1.30 bits per heavy atom. The van der Waals surface area contributed by atoms with Gasteiger partial charge in [-0.05, 0) is 32.0 Å². The molecule has 3 amide bonds. The van der Waals surface area contributed by atoms with Crippen molar-refractivity contribution in [2.75, 3.05) is 26.7 Å². The van der Waals surface area contributed by atoms with Gasteiger partial charge in [0.1, 0.15) is 6.54 Å². The first-order valence-corrected chi connectivity index (χ1v) is 7.42. The lowest BCUT2D eigenvalue weighted by Crippen LogP contribution is -2.45. The normalized spacial score (nSPS) is 19.6. The zero-order valence-corrected chi connectivity index (χ0v) is 14.0. The Hall–Kier alpha value is -1.92. The molecule has 0 bridgehead atoms. The molecule has 1 saturated heterocycles. The van der Waals surface area contributed by atoms with Gasteiger partial charge in [-0.25, -0.2) is 0 Å². The fourth-order valence-electron chi connectivity index (χ4n) is 2.97. The highest BCUT2D eigenvalue weighted by Crippen LogP contribution is 2.24. The molecular formula is C16H20ClN3O3. The number of amides is 3. The molecule has 0 radical (unpaired) electrons. The van der Waals surface area contributed by atoms with E-state index >= 15 is 0 Å². The first-order valence-electron chi connectivity index (χ1n) is 7.42. The smallest absolute Gasteiger partial charge is 0.262 e. The lowest BCUT2D eigenvalue weighted by Gasteiger charge is -2.25. The molecule has 0 aliphatic carbocycles. The van der Waals surface area contributed by atoms with Crippen LogP contribution in [0.1, 0.15) is 32.7 Å². The third-order valence-corrected chi connectivity index (χ3v) is 4.39. The van der Waals surface area contributed by atoms with Crippen molar-refractivity contribution in [3.05, 3.63) is 34.9 Å². The second-order valence-electron chi connectivity index (χ2n) is 5.90. The maximum absolute atomic E-state index is 12.4. The Morgan fingerprint density at radius 2 is 2.00 bits per heavy atom. The van der Waals surface area contributed by atoms with Gasteiger partial charge in [0.25, 0.3) is 11.8 Å². The molecule has 1 unspecified atom stereocenters. The second-order valence-corrected chi connectivity index (χ2v) is 5.90. The van der Waals surface area contributed by atoms with Crippen LogP contribution in [0, 0.1) is 6.92 Å². The van der Waals surface area contributed by atoms with Crippen LogP contribution in [0.3, 0.4) is 0 Å². The molecule has 1 aromatic carbocycles. The third-order valence-electron chi connectivity index (χ3n) is 4.39. The van der Waals surface area contributed by atoms with Gasteiger partial charge in [-0.2, -0.15) is 0 Å². The monoisotopic (exact) mass is 337 g/mol. The van der Waals surface area contributed by atoms with Crippen LogP contribution in [0.4, 0.5) is 0 Å². The number of nitrogens with zero attached hydrogens (tertiary/aromatic N) is 2. The fraction of sp³-hybridized carbons (Fsp3) is 0.438. The Morgan fingerprint density at radius 3 is 2.65 bits per heavy atom. The molecule has 2 heterocycles. The number of hydrogen-bond acceptors (Lipinski definition) is 4. The highest BCUT2D eigenvalue weighted by Gasteiger charge is 2.37. The van der Waals surface area contributed by atoms with E-state index in [2.05, 4.69) is 5.32 Å². The SMILES string of the molecule is Cc1ccc2c(c1)C(=O)N(CC(=O)N(C)C1CCNC1)C2=O.Cl. The topological polar surface area (TPSA) is 69.7 Å². The largest absolute Gasteiger partial charge is 0.340 e. The van der Waals surface area contributed by atoms with Gasteiger partial charge in [0.05, 0.1) is 11.1 Å². The first-order chi connectivity index (χ1) is 10.5. The number of rotatable bonds is 3. The number of nitrogens with one attached hydrogen (secondary N) is 1. The Balaban J connectivity index is 0.00000192. The Labute approximate surface area is 141 Å². The van der Waals surface area contributed by atoms with E-state index in [0.29, 0.717) is 11.1 Å². The number of likely N-dealkylation sites (N-methyl/N-ethyl adjacent to an activating group) is 1. The van der Waals surface area contributed by atoms with Crippen molar-refractivity contribution in [3.8, 4) is 0 Å². The van der Waals surface area contributed by atoms with Gasteiger partial charge < -0.3 is 10.2 Å². The van der Waals surface area contributed by atoms with Crippen molar-refractivity contribution < 1.29 is 14.4 Å². The minimum absolute atomic E-state index is 0. The van der Waals surface area contributed by atoms with Crippen molar-refractivity contribution in [1.82, 2.24) is 15.1 Å². The van der Waals surface area contributed by atoms with E-state index in [1.165, 1.54) is 0 Å². The summed E-state index contributed by atoms with van der Waals surface area (Å²) in [5, 5.41) is 3.20. The summed E-state index contributed by atoms with van der Waals surface area (Å²) in [6.07, 6.45) is 0.892. The second kappa shape index (κ2) is 6.68. The van der Waals surface area contributed by atoms with Crippen LogP contribution in [-0.4, -0.2) is 60.2 Å². The van der Waals surface area contributed by atoms with Crippen LogP contribution in [0.2, 0.25) is 0 Å². The van der Waals surface area contributed by atoms with E-state index in [1.54, 1.807) is 30.1 Å². The van der Waals surface area contributed by atoms with E-state index in [4.69, 9.17) is 0 Å². The fourth-order valence-corrected chi connectivity index (χ4v) is 2.97. The highest BCUT2D eigenvalue weighted by atomic mass is 35.5. The van der Waals surface area contributed by atoms with Gasteiger partial charge in [-0.15, -0.1) is 12.4 Å². The average Bonchev–Trinajstić information content (AvgIpc) is 3.10. The molecule has 2 aliphatic heterocycles. The Bertz CT molecular complexity index is 656. The number of halogens is 1. The summed E-state index contributed by atoms with van der Waals surface area (Å²) in [6.45, 7) is 3.31. The van der Waals surface area contributed by atoms with Gasteiger partial charge in [0.15, 0.2) is 0 Å². The van der Waals surface area contributed by atoms with Gasteiger partial charge in [0, 0.05) is 19.6 Å². The van der Waals surface area contributed by atoms with E-state index in [1.807, 2.05) is 6.92 Å². The van der Waals surface area contributed by atoms with E-state index in [0.717, 1.165) is 30.0 Å². The van der Waals surface area contributed by atoms with Crippen LogP contribution in [-0.2, 0) is 4.79 Å². The van der Waals surface area contributed by atoms with Crippen LogP contribution in [0.25, 0.3) is 0 Å². The van der Waals surface area contributed by atoms with Gasteiger partial charge in [-0.3, -0.25) is 19.3 Å². The minimum Gasteiger partial charge on any atom is -0.340 e. The van der Waals surface area contributed by atoms with Crippen LogP contribution >= 0.6 is 12.4 Å². The molecular weight excluding hydrogens is 318 g/mol. The molecule has 1 aromatic rings. The predicted octanol–water partition coefficient (Wildman–Crippen LogP) is 0.833. The van der Waals surface area contributed by atoms with Crippen LogP contribution in [0.5, 0.6) is 0 Å². The van der Waals surface area contributed by atoms with E-state index in [9.17, 15) is 14.4 Å². The molecule has 6 nitrogen and oxygen atoms in total. The van der Waals surface area contributed by atoms with Crippen molar-refractivity contribution in [2.45, 2.75) is 19.4 Å². The third kappa shape index (κ3) is 3.09. The molecule has 2 aliphatic rings.